The lowest BCUT2D eigenvalue weighted by atomic mass is 9.95. The van der Waals surface area contributed by atoms with E-state index in [1.807, 2.05) is 81.5 Å². The van der Waals surface area contributed by atoms with Crippen molar-refractivity contribution in [1.82, 2.24) is 16.0 Å². The Balaban J connectivity index is -0.000000225. The number of hydrogen-bond acceptors (Lipinski definition) is 6. The minimum absolute atomic E-state index is 0.0433. The average Bonchev–Trinajstić information content (AvgIpc) is 3.22. The molecule has 0 saturated carbocycles. The van der Waals surface area contributed by atoms with Gasteiger partial charge in [0.1, 0.15) is 5.75 Å². The lowest BCUT2D eigenvalue weighted by molar-refractivity contribution is -0.121. The Bertz CT molecular complexity index is 1050. The maximum absolute atomic E-state index is 12.3. The predicted octanol–water partition coefficient (Wildman–Crippen LogP) is 12.3. The van der Waals surface area contributed by atoms with Gasteiger partial charge in [-0.05, 0) is 67.6 Å². The molecule has 2 aromatic carbocycles. The molecule has 2 rings (SSSR count). The van der Waals surface area contributed by atoms with E-state index in [9.17, 15) is 9.59 Å². The van der Waals surface area contributed by atoms with E-state index >= 15 is 0 Å². The Labute approximate surface area is 349 Å². The molecule has 0 radical (unpaired) electrons. The normalized spacial score (nSPS) is 9.27. The molecule has 0 unspecified atom stereocenters. The van der Waals surface area contributed by atoms with Crippen LogP contribution < -0.4 is 20.7 Å². The predicted molar refractivity (Wildman–Crippen MR) is 249 cm³/mol. The summed E-state index contributed by atoms with van der Waals surface area (Å²) >= 11 is 0. The number of rotatable bonds is 19. The second kappa shape index (κ2) is 52.1. The van der Waals surface area contributed by atoms with E-state index in [2.05, 4.69) is 82.6 Å². The molecule has 0 aromatic heterocycles. The molecule has 0 aliphatic rings. The number of benzene rings is 2. The van der Waals surface area contributed by atoms with Gasteiger partial charge >= 0.3 is 0 Å². The third kappa shape index (κ3) is 42.2. The van der Waals surface area contributed by atoms with E-state index in [0.29, 0.717) is 38.3 Å². The third-order valence-corrected chi connectivity index (χ3v) is 6.59. The molecule has 0 fully saturated rings. The van der Waals surface area contributed by atoms with Gasteiger partial charge in [0.15, 0.2) is 0 Å². The minimum Gasteiger partial charge on any atom is -0.496 e. The van der Waals surface area contributed by atoms with Crippen LogP contribution in [-0.2, 0) is 33.7 Å². The van der Waals surface area contributed by atoms with Crippen molar-refractivity contribution < 1.29 is 23.8 Å². The lowest BCUT2D eigenvalue weighted by Crippen LogP contribution is -2.30. The topological polar surface area (TPSA) is 97.9 Å². The van der Waals surface area contributed by atoms with E-state index < -0.39 is 0 Å². The van der Waals surface area contributed by atoms with Crippen molar-refractivity contribution in [2.75, 3.05) is 54.2 Å². The van der Waals surface area contributed by atoms with Crippen molar-refractivity contribution in [1.29, 1.82) is 0 Å². The van der Waals surface area contributed by atoms with Gasteiger partial charge < -0.3 is 30.2 Å². The molecule has 8 nitrogen and oxygen atoms in total. The van der Waals surface area contributed by atoms with Crippen molar-refractivity contribution >= 4 is 11.8 Å². The molecule has 8 heteroatoms. The highest BCUT2D eigenvalue weighted by Gasteiger charge is 2.15. The molecule has 0 aliphatic heterocycles. The van der Waals surface area contributed by atoms with Crippen LogP contribution in [0.1, 0.15) is 176 Å². The maximum atomic E-state index is 12.3. The average molecular weight is 794 g/mol. The third-order valence-electron chi connectivity index (χ3n) is 6.59. The molecule has 332 valence electrons. The molecular formula is C48H95N3O5. The second-order valence-electron chi connectivity index (χ2n) is 12.6. The fourth-order valence-electron chi connectivity index (χ4n) is 4.37. The molecule has 0 bridgehead atoms. The number of unbranched alkanes of at least 4 members (excludes halogenated alkanes) is 1. The monoisotopic (exact) mass is 794 g/mol. The summed E-state index contributed by atoms with van der Waals surface area (Å²) in [5, 5.41) is 8.86. The van der Waals surface area contributed by atoms with Gasteiger partial charge in [-0.3, -0.25) is 9.59 Å². The van der Waals surface area contributed by atoms with Crippen molar-refractivity contribution in [2.45, 2.75) is 169 Å². The van der Waals surface area contributed by atoms with Crippen molar-refractivity contribution in [2.24, 2.45) is 5.41 Å². The fourth-order valence-corrected chi connectivity index (χ4v) is 4.37. The molecule has 0 saturated heterocycles. The highest BCUT2D eigenvalue weighted by Crippen LogP contribution is 2.22. The Morgan fingerprint density at radius 1 is 0.696 bits per heavy atom. The summed E-state index contributed by atoms with van der Waals surface area (Å²) in [6.45, 7) is 36.8. The van der Waals surface area contributed by atoms with Crippen LogP contribution in [0.4, 0.5) is 0 Å². The zero-order valence-corrected chi connectivity index (χ0v) is 40.5. The highest BCUT2D eigenvalue weighted by molar-refractivity contribution is 5.94. The summed E-state index contributed by atoms with van der Waals surface area (Å²) in [5.74, 6) is 0.820. The largest absolute Gasteiger partial charge is 0.496 e. The van der Waals surface area contributed by atoms with Crippen LogP contribution in [0.2, 0.25) is 0 Å². The molecular weight excluding hydrogens is 699 g/mol. The quantitative estimate of drug-likeness (QED) is 0.123. The van der Waals surface area contributed by atoms with E-state index in [4.69, 9.17) is 14.2 Å². The Hall–Kier alpha value is -2.94. The van der Waals surface area contributed by atoms with Crippen molar-refractivity contribution in [3.63, 3.8) is 0 Å². The number of nitrogens with one attached hydrogen (secondary N) is 3. The van der Waals surface area contributed by atoms with Crippen LogP contribution in [0.3, 0.4) is 0 Å². The number of hydrogen-bond donors (Lipinski definition) is 3. The van der Waals surface area contributed by atoms with Gasteiger partial charge in [-0.2, -0.15) is 0 Å². The summed E-state index contributed by atoms with van der Waals surface area (Å²) in [6, 6.07) is 13.7. The van der Waals surface area contributed by atoms with E-state index in [0.717, 1.165) is 49.3 Å². The standard InChI is InChI=1S/C27H38N2O4.C7H17NO.2C3H8.4C2H6/c1-4-6-8-21-9-12-23(25(19-21)32-3)15-17-33-18-16-28-27(31)24-13-10-22(11-14-24)20-29-26(30)7-5-2;1-7(2,5-8-3)6-9-4;2*1-3-2;4*1-2/h9-14,19H,4-8,15-18,20H2,1-3H3,(H,28,31)(H,29,30);8H,5-6H2,1-4H3;2*3H2,1-2H3;4*1-2H3. The van der Waals surface area contributed by atoms with Gasteiger partial charge in [0, 0.05) is 44.1 Å². The molecule has 2 aromatic rings. The molecule has 0 atom stereocenters. The molecule has 56 heavy (non-hydrogen) atoms. The second-order valence-corrected chi connectivity index (χ2v) is 12.6. The zero-order valence-electron chi connectivity index (χ0n) is 40.5. The Morgan fingerprint density at radius 2 is 1.23 bits per heavy atom. The van der Waals surface area contributed by atoms with Crippen LogP contribution in [0.5, 0.6) is 5.75 Å². The van der Waals surface area contributed by atoms with Crippen LogP contribution in [0, 0.1) is 5.41 Å². The first-order chi connectivity index (χ1) is 27.0. The number of carbonyl (C=O) groups excluding carboxylic acids is 2. The highest BCUT2D eigenvalue weighted by atomic mass is 16.5. The van der Waals surface area contributed by atoms with Gasteiger partial charge in [0.25, 0.3) is 5.91 Å². The number of carbonyl (C=O) groups is 2. The fraction of sp³-hybridized carbons (Fsp3) is 0.708. The number of amides is 2. The summed E-state index contributed by atoms with van der Waals surface area (Å²) in [6.07, 6.45) is 8.05. The Kier molecular flexibility index (Phi) is 60.4. The number of methoxy groups -OCH3 is 2. The van der Waals surface area contributed by atoms with Gasteiger partial charge in [0.2, 0.25) is 5.91 Å². The van der Waals surface area contributed by atoms with Crippen LogP contribution in [0.15, 0.2) is 42.5 Å². The summed E-state index contributed by atoms with van der Waals surface area (Å²) in [4.78, 5) is 23.9. The smallest absolute Gasteiger partial charge is 0.251 e. The van der Waals surface area contributed by atoms with E-state index in [1.165, 1.54) is 31.2 Å². The first kappa shape index (κ1) is 64.9. The van der Waals surface area contributed by atoms with Crippen LogP contribution in [0.25, 0.3) is 0 Å². The molecule has 0 heterocycles. The molecule has 0 aliphatic carbocycles. The molecule has 0 spiro atoms. The Morgan fingerprint density at radius 3 is 1.70 bits per heavy atom. The molecule has 3 N–H and O–H groups in total. The summed E-state index contributed by atoms with van der Waals surface area (Å²) in [5.41, 5.74) is 4.26. The van der Waals surface area contributed by atoms with Crippen LogP contribution >= 0.6 is 0 Å². The van der Waals surface area contributed by atoms with Gasteiger partial charge in [-0.25, -0.2) is 0 Å². The van der Waals surface area contributed by atoms with Gasteiger partial charge in [0.05, 0.1) is 26.9 Å². The van der Waals surface area contributed by atoms with E-state index in [1.54, 1.807) is 26.4 Å². The van der Waals surface area contributed by atoms with Crippen molar-refractivity contribution in [3.8, 4) is 5.75 Å². The van der Waals surface area contributed by atoms with Gasteiger partial charge in [-0.15, -0.1) is 0 Å². The maximum Gasteiger partial charge on any atom is 0.251 e. The lowest BCUT2D eigenvalue weighted by Gasteiger charge is -2.22. The first-order valence-corrected chi connectivity index (χ1v) is 22.0. The molecule has 2 amide bonds. The zero-order chi connectivity index (χ0) is 44.6. The number of aryl methyl sites for hydroxylation is 1. The first-order valence-electron chi connectivity index (χ1n) is 22.0. The summed E-state index contributed by atoms with van der Waals surface area (Å²) in [7, 11) is 5.39. The van der Waals surface area contributed by atoms with Crippen molar-refractivity contribution in [3.05, 3.63) is 64.7 Å². The van der Waals surface area contributed by atoms with E-state index in [-0.39, 0.29) is 17.2 Å². The summed E-state index contributed by atoms with van der Waals surface area (Å²) < 4.78 is 16.3. The van der Waals surface area contributed by atoms with Gasteiger partial charge in [-0.1, -0.05) is 154 Å². The minimum atomic E-state index is -0.135. The number of ether oxygens (including phenoxy) is 3. The SMILES string of the molecule is CC.CC.CC.CC.CCC.CCC.CCCCc1ccc(CCOCCNC(=O)c2ccc(CNC(=O)CCC)cc2)c(OC)c1.CNCC(C)(C)COC. The van der Waals surface area contributed by atoms with Crippen LogP contribution in [-0.4, -0.2) is 66.0 Å².